The third kappa shape index (κ3) is 6.84. The van der Waals surface area contributed by atoms with Crippen LogP contribution in [0.5, 0.6) is 0 Å². The number of fused-ring (bicyclic) bond motifs is 1. The molecule has 212 valence electrons. The van der Waals surface area contributed by atoms with Gasteiger partial charge in [0.25, 0.3) is 0 Å². The molecule has 0 bridgehead atoms. The average Bonchev–Trinajstić information content (AvgIpc) is 3.23. The molecule has 0 spiro atoms. The van der Waals surface area contributed by atoms with Crippen molar-refractivity contribution < 1.29 is 26.4 Å². The van der Waals surface area contributed by atoms with Crippen LogP contribution in [0.15, 0.2) is 52.3 Å². The second-order valence-corrected chi connectivity index (χ2v) is 14.0. The molecule has 2 N–H and O–H groups in total. The van der Waals surface area contributed by atoms with Gasteiger partial charge in [-0.1, -0.05) is 6.07 Å². The lowest BCUT2D eigenvalue weighted by Gasteiger charge is -2.26. The summed E-state index contributed by atoms with van der Waals surface area (Å²) in [7, 11) is -7.40. The Bertz CT molecular complexity index is 1570. The van der Waals surface area contributed by atoms with Crippen LogP contribution in [0.3, 0.4) is 0 Å². The summed E-state index contributed by atoms with van der Waals surface area (Å²) in [5.41, 5.74) is 1.07. The Hall–Kier alpha value is -2.84. The number of nitrogens with one attached hydrogen (secondary N) is 2. The SMILES string of the molecule is CCn1c(CCC(=O)Nc2cccc(S(=O)(=O)NC(C)(C)C)c2)nc2cc(S(=O)(=O)N3CCOCC3)ccc21. The van der Waals surface area contributed by atoms with Crippen molar-refractivity contribution in [2.75, 3.05) is 31.6 Å². The second-order valence-electron chi connectivity index (χ2n) is 10.4. The molecule has 1 aliphatic rings. The van der Waals surface area contributed by atoms with Gasteiger partial charge in [0.15, 0.2) is 0 Å². The fourth-order valence-corrected chi connectivity index (χ4v) is 7.34. The minimum Gasteiger partial charge on any atom is -0.379 e. The third-order valence-electron chi connectivity index (χ3n) is 6.17. The van der Waals surface area contributed by atoms with Gasteiger partial charge in [0.1, 0.15) is 5.82 Å². The van der Waals surface area contributed by atoms with Crippen LogP contribution in [0.1, 0.15) is 39.9 Å². The van der Waals surface area contributed by atoms with Gasteiger partial charge in [0.05, 0.1) is 34.0 Å². The lowest BCUT2D eigenvalue weighted by molar-refractivity contribution is -0.116. The smallest absolute Gasteiger partial charge is 0.243 e. The molecule has 0 aliphatic carbocycles. The molecule has 13 heteroatoms. The molecule has 39 heavy (non-hydrogen) atoms. The molecule has 1 aliphatic heterocycles. The zero-order chi connectivity index (χ0) is 28.4. The maximum atomic E-state index is 13.1. The number of aryl methyl sites for hydroxylation is 2. The largest absolute Gasteiger partial charge is 0.379 e. The van der Waals surface area contributed by atoms with Crippen molar-refractivity contribution in [1.29, 1.82) is 0 Å². The predicted molar refractivity (Wildman–Crippen MR) is 148 cm³/mol. The zero-order valence-corrected chi connectivity index (χ0v) is 24.2. The normalized spacial score (nSPS) is 15.5. The number of carbonyl (C=O) groups is 1. The number of imidazole rings is 1. The van der Waals surface area contributed by atoms with Crippen LogP contribution in [0.4, 0.5) is 5.69 Å². The minimum absolute atomic E-state index is 0.0610. The van der Waals surface area contributed by atoms with Crippen molar-refractivity contribution in [3.8, 4) is 0 Å². The molecule has 1 fully saturated rings. The van der Waals surface area contributed by atoms with E-state index in [-0.39, 0.29) is 22.1 Å². The van der Waals surface area contributed by atoms with E-state index >= 15 is 0 Å². The summed E-state index contributed by atoms with van der Waals surface area (Å²) >= 11 is 0. The van der Waals surface area contributed by atoms with Gasteiger partial charge in [-0.15, -0.1) is 0 Å². The lowest BCUT2D eigenvalue weighted by atomic mass is 10.1. The van der Waals surface area contributed by atoms with E-state index in [0.29, 0.717) is 56.3 Å². The maximum absolute atomic E-state index is 13.1. The van der Waals surface area contributed by atoms with Gasteiger partial charge in [-0.05, 0) is 64.1 Å². The highest BCUT2D eigenvalue weighted by atomic mass is 32.2. The summed E-state index contributed by atoms with van der Waals surface area (Å²) in [6.45, 7) is 9.18. The topological polar surface area (TPSA) is 140 Å². The van der Waals surface area contributed by atoms with E-state index in [9.17, 15) is 21.6 Å². The molecule has 2 heterocycles. The standard InChI is InChI=1S/C26H35N5O6S2/c1-5-31-23-10-9-21(39(35,36)30-13-15-37-16-14-30)18-22(23)28-24(31)11-12-25(32)27-19-7-6-8-20(17-19)38(33,34)29-26(2,3)4/h6-10,17-18,29H,5,11-16H2,1-4H3,(H,27,32). The molecule has 11 nitrogen and oxygen atoms in total. The molecule has 0 radical (unpaired) electrons. The monoisotopic (exact) mass is 577 g/mol. The average molecular weight is 578 g/mol. The van der Waals surface area contributed by atoms with Crippen molar-refractivity contribution in [3.63, 3.8) is 0 Å². The number of amides is 1. The van der Waals surface area contributed by atoms with Gasteiger partial charge in [-0.2, -0.15) is 4.31 Å². The maximum Gasteiger partial charge on any atom is 0.243 e. The first-order valence-corrected chi connectivity index (χ1v) is 15.7. The minimum atomic E-state index is -3.74. The number of morpholine rings is 1. The molecular formula is C26H35N5O6S2. The second kappa shape index (κ2) is 11.3. The molecule has 0 saturated carbocycles. The molecule has 1 amide bonds. The number of aromatic nitrogens is 2. The van der Waals surface area contributed by atoms with Crippen LogP contribution in [-0.2, 0) is 42.5 Å². The highest BCUT2D eigenvalue weighted by Gasteiger charge is 2.27. The number of sulfonamides is 2. The van der Waals surface area contributed by atoms with Crippen molar-refractivity contribution in [3.05, 3.63) is 48.3 Å². The van der Waals surface area contributed by atoms with E-state index in [0.717, 1.165) is 5.52 Å². The Labute approximate surface area is 229 Å². The first-order valence-electron chi connectivity index (χ1n) is 12.8. The Morgan fingerprint density at radius 1 is 1.03 bits per heavy atom. The summed E-state index contributed by atoms with van der Waals surface area (Å²) in [6.07, 6.45) is 0.433. The molecule has 1 saturated heterocycles. The highest BCUT2D eigenvalue weighted by molar-refractivity contribution is 7.89. The van der Waals surface area contributed by atoms with Gasteiger partial charge in [0, 0.05) is 43.7 Å². The van der Waals surface area contributed by atoms with Crippen molar-refractivity contribution in [2.45, 2.75) is 62.4 Å². The zero-order valence-electron chi connectivity index (χ0n) is 22.6. The molecule has 3 aromatic rings. The first kappa shape index (κ1) is 29.2. The van der Waals surface area contributed by atoms with Crippen LogP contribution < -0.4 is 10.0 Å². The van der Waals surface area contributed by atoms with Gasteiger partial charge in [-0.25, -0.2) is 26.5 Å². The van der Waals surface area contributed by atoms with E-state index in [1.807, 2.05) is 11.5 Å². The molecule has 0 atom stereocenters. The van der Waals surface area contributed by atoms with Crippen LogP contribution in [0.2, 0.25) is 0 Å². The predicted octanol–water partition coefficient (Wildman–Crippen LogP) is 2.73. The van der Waals surface area contributed by atoms with Gasteiger partial charge in [-0.3, -0.25) is 4.79 Å². The number of anilines is 1. The number of hydrogen-bond donors (Lipinski definition) is 2. The summed E-state index contributed by atoms with van der Waals surface area (Å²) < 4.78 is 62.7. The van der Waals surface area contributed by atoms with E-state index in [2.05, 4.69) is 15.0 Å². The number of nitrogens with zero attached hydrogens (tertiary/aromatic N) is 3. The van der Waals surface area contributed by atoms with Crippen molar-refractivity contribution in [2.24, 2.45) is 0 Å². The Morgan fingerprint density at radius 2 is 1.74 bits per heavy atom. The van der Waals surface area contributed by atoms with Crippen LogP contribution >= 0.6 is 0 Å². The number of ether oxygens (including phenoxy) is 1. The molecule has 1 aromatic heterocycles. The molecule has 4 rings (SSSR count). The molecule has 2 aromatic carbocycles. The summed E-state index contributed by atoms with van der Waals surface area (Å²) in [6, 6.07) is 11.0. The fraction of sp³-hybridized carbons (Fsp3) is 0.462. The number of benzene rings is 2. The van der Waals surface area contributed by atoms with Gasteiger partial charge >= 0.3 is 0 Å². The van der Waals surface area contributed by atoms with E-state index in [1.165, 1.54) is 16.4 Å². The fourth-order valence-electron chi connectivity index (χ4n) is 4.45. The van der Waals surface area contributed by atoms with Crippen molar-refractivity contribution >= 4 is 42.7 Å². The van der Waals surface area contributed by atoms with Gasteiger partial charge in [0.2, 0.25) is 26.0 Å². The number of hydrogen-bond acceptors (Lipinski definition) is 7. The first-order chi connectivity index (χ1) is 18.3. The van der Waals surface area contributed by atoms with Crippen LogP contribution in [-0.4, -0.2) is 68.4 Å². The van der Waals surface area contributed by atoms with Crippen LogP contribution in [0, 0.1) is 0 Å². The molecule has 0 unspecified atom stereocenters. The summed E-state index contributed by atoms with van der Waals surface area (Å²) in [5.74, 6) is 0.368. The van der Waals surface area contributed by atoms with E-state index in [4.69, 9.17) is 4.74 Å². The Balaban J connectivity index is 1.48. The van der Waals surface area contributed by atoms with Crippen LogP contribution in [0.25, 0.3) is 11.0 Å². The highest BCUT2D eigenvalue weighted by Crippen LogP contribution is 2.24. The van der Waals surface area contributed by atoms with Crippen molar-refractivity contribution in [1.82, 2.24) is 18.6 Å². The molecular weight excluding hydrogens is 542 g/mol. The Morgan fingerprint density at radius 3 is 2.41 bits per heavy atom. The van der Waals surface area contributed by atoms with E-state index in [1.54, 1.807) is 51.1 Å². The lowest BCUT2D eigenvalue weighted by Crippen LogP contribution is -2.40. The summed E-state index contributed by atoms with van der Waals surface area (Å²) in [5, 5.41) is 2.76. The summed E-state index contributed by atoms with van der Waals surface area (Å²) in [4.78, 5) is 17.6. The third-order valence-corrected chi connectivity index (χ3v) is 9.82. The Kier molecular flexibility index (Phi) is 8.47. The number of carbonyl (C=O) groups excluding carboxylic acids is 1. The van der Waals surface area contributed by atoms with Gasteiger partial charge < -0.3 is 14.6 Å². The number of rotatable bonds is 9. The quantitative estimate of drug-likeness (QED) is 0.399. The van der Waals surface area contributed by atoms with E-state index < -0.39 is 25.6 Å².